The summed E-state index contributed by atoms with van der Waals surface area (Å²) in [7, 11) is 0. The van der Waals surface area contributed by atoms with Crippen molar-refractivity contribution in [2.75, 3.05) is 0 Å². The summed E-state index contributed by atoms with van der Waals surface area (Å²) >= 11 is 0. The Morgan fingerprint density at radius 2 is 2.00 bits per heavy atom. The number of benzene rings is 1. The lowest BCUT2D eigenvalue weighted by Crippen LogP contribution is -2.38. The number of rotatable bonds is 4. The lowest BCUT2D eigenvalue weighted by molar-refractivity contribution is -0.122. The van der Waals surface area contributed by atoms with E-state index in [2.05, 4.69) is 17.4 Å². The van der Waals surface area contributed by atoms with Crippen LogP contribution in [-0.2, 0) is 11.2 Å². The minimum absolute atomic E-state index is 0.233. The quantitative estimate of drug-likeness (QED) is 0.865. The molecule has 0 heterocycles. The second-order valence-electron chi connectivity index (χ2n) is 5.83. The average Bonchev–Trinajstić information content (AvgIpc) is 3.00. The predicted octanol–water partition coefficient (Wildman–Crippen LogP) is 2.92. The molecule has 0 saturated heterocycles. The lowest BCUT2D eigenvalue weighted by Gasteiger charge is -2.22. The fraction of sp³-hybridized carbons (Fsp3) is 0.562. The van der Waals surface area contributed by atoms with Crippen LogP contribution >= 0.6 is 0 Å². The lowest BCUT2D eigenvalue weighted by atomic mass is 9.95. The molecule has 2 fully saturated rings. The molecule has 0 aromatic heterocycles. The molecule has 0 aliphatic heterocycles. The molecule has 2 saturated carbocycles. The van der Waals surface area contributed by atoms with E-state index in [1.165, 1.54) is 31.2 Å². The van der Waals surface area contributed by atoms with Crippen LogP contribution in [0.5, 0.6) is 0 Å². The first kappa shape index (κ1) is 11.8. The standard InChI is InChI=1S/C16H21NO/c18-16(9-7-12-4-2-1-3-5-12)17-15-11-13-6-8-14(15)10-13/h1-5,13-15H,6-11H2,(H,17,18). The van der Waals surface area contributed by atoms with Crippen LogP contribution in [0, 0.1) is 11.8 Å². The molecule has 96 valence electrons. The smallest absolute Gasteiger partial charge is 0.220 e. The predicted molar refractivity (Wildman–Crippen MR) is 72.1 cm³/mol. The van der Waals surface area contributed by atoms with Crippen LogP contribution in [0.4, 0.5) is 0 Å². The van der Waals surface area contributed by atoms with E-state index in [9.17, 15) is 4.79 Å². The highest BCUT2D eigenvalue weighted by Gasteiger charge is 2.39. The molecular weight excluding hydrogens is 222 g/mol. The van der Waals surface area contributed by atoms with Crippen LogP contribution in [0.1, 0.15) is 37.7 Å². The van der Waals surface area contributed by atoms with Crippen molar-refractivity contribution < 1.29 is 4.79 Å². The molecular formula is C16H21NO. The van der Waals surface area contributed by atoms with Crippen molar-refractivity contribution in [1.82, 2.24) is 5.32 Å². The maximum Gasteiger partial charge on any atom is 0.220 e. The molecule has 2 aliphatic rings. The van der Waals surface area contributed by atoms with E-state index in [0.29, 0.717) is 12.5 Å². The van der Waals surface area contributed by atoms with Crippen molar-refractivity contribution in [3.05, 3.63) is 35.9 Å². The minimum atomic E-state index is 0.233. The van der Waals surface area contributed by atoms with Gasteiger partial charge < -0.3 is 5.32 Å². The third-order valence-electron chi connectivity index (χ3n) is 4.57. The molecule has 3 unspecified atom stereocenters. The Balaban J connectivity index is 1.45. The molecule has 3 atom stereocenters. The van der Waals surface area contributed by atoms with Gasteiger partial charge in [-0.2, -0.15) is 0 Å². The van der Waals surface area contributed by atoms with Gasteiger partial charge in [-0.25, -0.2) is 0 Å². The number of hydrogen-bond acceptors (Lipinski definition) is 1. The van der Waals surface area contributed by atoms with Crippen LogP contribution < -0.4 is 5.32 Å². The number of amides is 1. The summed E-state index contributed by atoms with van der Waals surface area (Å²) in [6.45, 7) is 0. The van der Waals surface area contributed by atoms with Gasteiger partial charge in [0.1, 0.15) is 0 Å². The van der Waals surface area contributed by atoms with Crippen molar-refractivity contribution in [2.45, 2.75) is 44.6 Å². The molecule has 18 heavy (non-hydrogen) atoms. The van der Waals surface area contributed by atoms with Crippen LogP contribution in [0.15, 0.2) is 30.3 Å². The number of carbonyl (C=O) groups excluding carboxylic acids is 1. The van der Waals surface area contributed by atoms with E-state index < -0.39 is 0 Å². The Kier molecular flexibility index (Phi) is 3.35. The zero-order chi connectivity index (χ0) is 12.4. The maximum absolute atomic E-state index is 11.9. The van der Waals surface area contributed by atoms with E-state index in [1.807, 2.05) is 18.2 Å². The summed E-state index contributed by atoms with van der Waals surface area (Å²) < 4.78 is 0. The van der Waals surface area contributed by atoms with Gasteiger partial charge in [-0.05, 0) is 43.1 Å². The van der Waals surface area contributed by atoms with Gasteiger partial charge in [0.15, 0.2) is 0 Å². The number of fused-ring (bicyclic) bond motifs is 2. The van der Waals surface area contributed by atoms with Gasteiger partial charge in [0.2, 0.25) is 5.91 Å². The Morgan fingerprint density at radius 1 is 1.17 bits per heavy atom. The highest BCUT2D eigenvalue weighted by Crippen LogP contribution is 2.44. The van der Waals surface area contributed by atoms with Crippen LogP contribution in [0.3, 0.4) is 0 Å². The van der Waals surface area contributed by atoms with Gasteiger partial charge >= 0.3 is 0 Å². The van der Waals surface area contributed by atoms with Crippen molar-refractivity contribution in [2.24, 2.45) is 11.8 Å². The van der Waals surface area contributed by atoms with Crippen molar-refractivity contribution in [1.29, 1.82) is 0 Å². The third-order valence-corrected chi connectivity index (χ3v) is 4.57. The summed E-state index contributed by atoms with van der Waals surface area (Å²) in [5.74, 6) is 1.90. The van der Waals surface area contributed by atoms with Gasteiger partial charge in [-0.3, -0.25) is 4.79 Å². The summed E-state index contributed by atoms with van der Waals surface area (Å²) in [6, 6.07) is 10.7. The largest absolute Gasteiger partial charge is 0.353 e. The first-order valence-electron chi connectivity index (χ1n) is 7.14. The van der Waals surface area contributed by atoms with Gasteiger partial charge in [0.25, 0.3) is 0 Å². The van der Waals surface area contributed by atoms with E-state index in [0.717, 1.165) is 18.3 Å². The first-order chi connectivity index (χ1) is 8.81. The summed E-state index contributed by atoms with van der Waals surface area (Å²) in [4.78, 5) is 11.9. The first-order valence-corrected chi connectivity index (χ1v) is 7.14. The van der Waals surface area contributed by atoms with Crippen molar-refractivity contribution in [3.63, 3.8) is 0 Å². The highest BCUT2D eigenvalue weighted by molar-refractivity contribution is 5.76. The zero-order valence-corrected chi connectivity index (χ0v) is 10.8. The molecule has 1 aromatic rings. The maximum atomic E-state index is 11.9. The number of carbonyl (C=O) groups is 1. The topological polar surface area (TPSA) is 29.1 Å². The van der Waals surface area contributed by atoms with E-state index in [1.54, 1.807) is 0 Å². The van der Waals surface area contributed by atoms with Gasteiger partial charge in [-0.15, -0.1) is 0 Å². The molecule has 0 radical (unpaired) electrons. The number of aryl methyl sites for hydroxylation is 1. The Morgan fingerprint density at radius 3 is 2.67 bits per heavy atom. The van der Waals surface area contributed by atoms with E-state index in [4.69, 9.17) is 0 Å². The molecule has 2 heteroatoms. The van der Waals surface area contributed by atoms with Crippen LogP contribution in [0.25, 0.3) is 0 Å². The van der Waals surface area contributed by atoms with Crippen LogP contribution in [-0.4, -0.2) is 11.9 Å². The van der Waals surface area contributed by atoms with Gasteiger partial charge in [-0.1, -0.05) is 36.8 Å². The number of hydrogen-bond donors (Lipinski definition) is 1. The molecule has 2 nitrogen and oxygen atoms in total. The molecule has 1 N–H and O–H groups in total. The highest BCUT2D eigenvalue weighted by atomic mass is 16.1. The Bertz CT molecular complexity index is 414. The average molecular weight is 243 g/mol. The fourth-order valence-electron chi connectivity index (χ4n) is 3.60. The molecule has 2 bridgehead atoms. The van der Waals surface area contributed by atoms with Crippen LogP contribution in [0.2, 0.25) is 0 Å². The Labute approximate surface area is 109 Å². The molecule has 2 aliphatic carbocycles. The summed E-state index contributed by atoms with van der Waals surface area (Å²) in [5.41, 5.74) is 1.25. The van der Waals surface area contributed by atoms with Gasteiger partial charge in [0, 0.05) is 12.5 Å². The normalized spacial score (nSPS) is 29.4. The van der Waals surface area contributed by atoms with E-state index in [-0.39, 0.29) is 5.91 Å². The zero-order valence-electron chi connectivity index (χ0n) is 10.8. The minimum Gasteiger partial charge on any atom is -0.353 e. The van der Waals surface area contributed by atoms with Crippen molar-refractivity contribution in [3.8, 4) is 0 Å². The molecule has 0 spiro atoms. The van der Waals surface area contributed by atoms with Gasteiger partial charge in [0.05, 0.1) is 0 Å². The number of nitrogens with one attached hydrogen (secondary N) is 1. The summed E-state index contributed by atoms with van der Waals surface area (Å²) in [5, 5.41) is 3.24. The second kappa shape index (κ2) is 5.13. The second-order valence-corrected chi connectivity index (χ2v) is 5.83. The van der Waals surface area contributed by atoms with Crippen molar-refractivity contribution >= 4 is 5.91 Å². The molecule has 1 amide bonds. The van der Waals surface area contributed by atoms with E-state index >= 15 is 0 Å². The molecule has 1 aromatic carbocycles. The monoisotopic (exact) mass is 243 g/mol. The third kappa shape index (κ3) is 2.58. The fourth-order valence-corrected chi connectivity index (χ4v) is 3.60. The SMILES string of the molecule is O=C(CCc1ccccc1)NC1CC2CCC1C2. The molecule has 3 rings (SSSR count). The Hall–Kier alpha value is -1.31. The summed E-state index contributed by atoms with van der Waals surface area (Å²) in [6.07, 6.45) is 6.77.